The SMILES string of the molecule is CC1C[CH-]C(C(C)C)CC1.[Li+]. The van der Waals surface area contributed by atoms with E-state index in [2.05, 4.69) is 27.2 Å². The van der Waals surface area contributed by atoms with Crippen LogP contribution in [0.3, 0.4) is 0 Å². The molecule has 2 unspecified atom stereocenters. The molecule has 11 heavy (non-hydrogen) atoms. The van der Waals surface area contributed by atoms with Crippen LogP contribution >= 0.6 is 0 Å². The third-order valence-corrected chi connectivity index (χ3v) is 2.69. The van der Waals surface area contributed by atoms with E-state index in [-0.39, 0.29) is 18.9 Å². The summed E-state index contributed by atoms with van der Waals surface area (Å²) in [6.45, 7) is 7.02. The zero-order chi connectivity index (χ0) is 7.56. The Morgan fingerprint density at radius 1 is 1.27 bits per heavy atom. The maximum Gasteiger partial charge on any atom is 1.00 e. The van der Waals surface area contributed by atoms with Gasteiger partial charge in [0.2, 0.25) is 0 Å². The molecule has 1 fully saturated rings. The molecule has 0 heterocycles. The van der Waals surface area contributed by atoms with Crippen LogP contribution < -0.4 is 18.9 Å². The third kappa shape index (κ3) is 3.68. The van der Waals surface area contributed by atoms with Crippen LogP contribution in [0.25, 0.3) is 0 Å². The van der Waals surface area contributed by atoms with Gasteiger partial charge in [0.15, 0.2) is 0 Å². The van der Waals surface area contributed by atoms with Crippen LogP contribution in [0.1, 0.15) is 40.0 Å². The Kier molecular flexibility index (Phi) is 5.57. The molecule has 0 nitrogen and oxygen atoms in total. The van der Waals surface area contributed by atoms with E-state index in [0.29, 0.717) is 0 Å². The van der Waals surface area contributed by atoms with Crippen molar-refractivity contribution in [3.8, 4) is 0 Å². The largest absolute Gasteiger partial charge is 1.00 e. The van der Waals surface area contributed by atoms with Gasteiger partial charge in [0.05, 0.1) is 0 Å². The predicted octanol–water partition coefficient (Wildman–Crippen LogP) is 0.287. The molecule has 0 aliphatic heterocycles. The van der Waals surface area contributed by atoms with Gasteiger partial charge < -0.3 is 6.42 Å². The number of hydrogen-bond donors (Lipinski definition) is 0. The summed E-state index contributed by atoms with van der Waals surface area (Å²) in [6, 6.07) is 0. The molecule has 60 valence electrons. The molecule has 2 atom stereocenters. The number of hydrogen-bond acceptors (Lipinski definition) is 0. The fourth-order valence-corrected chi connectivity index (χ4v) is 1.73. The van der Waals surface area contributed by atoms with Crippen LogP contribution in [-0.2, 0) is 0 Å². The van der Waals surface area contributed by atoms with Crippen LogP contribution in [0.5, 0.6) is 0 Å². The molecule has 1 heteroatoms. The first kappa shape index (κ1) is 11.6. The van der Waals surface area contributed by atoms with Gasteiger partial charge in [-0.3, -0.25) is 0 Å². The average molecular weight is 146 g/mol. The first-order valence-electron chi connectivity index (χ1n) is 4.53. The molecule has 1 saturated carbocycles. The molecule has 0 N–H and O–H groups in total. The molecule has 1 aliphatic rings. The molecule has 0 bridgehead atoms. The molecule has 0 amide bonds. The Balaban J connectivity index is 0.000001000. The van der Waals surface area contributed by atoms with Gasteiger partial charge in [-0.2, -0.15) is 12.3 Å². The Morgan fingerprint density at radius 3 is 2.27 bits per heavy atom. The second kappa shape index (κ2) is 5.28. The van der Waals surface area contributed by atoms with E-state index in [1.165, 1.54) is 19.3 Å². The molecule has 0 aromatic heterocycles. The first-order valence-corrected chi connectivity index (χ1v) is 4.53. The Morgan fingerprint density at radius 2 is 1.91 bits per heavy atom. The summed E-state index contributed by atoms with van der Waals surface area (Å²) in [7, 11) is 0. The summed E-state index contributed by atoms with van der Waals surface area (Å²) in [5.41, 5.74) is 0. The van der Waals surface area contributed by atoms with Crippen molar-refractivity contribution in [3.63, 3.8) is 0 Å². The Labute approximate surface area is 83.3 Å². The molecule has 0 saturated heterocycles. The average Bonchev–Trinajstić information content (AvgIpc) is 1.88. The quantitative estimate of drug-likeness (QED) is 0.368. The van der Waals surface area contributed by atoms with Crippen molar-refractivity contribution in [1.82, 2.24) is 0 Å². The van der Waals surface area contributed by atoms with Gasteiger partial charge in [-0.15, -0.1) is 0 Å². The van der Waals surface area contributed by atoms with E-state index >= 15 is 0 Å². The Bertz CT molecular complexity index is 91.0. The third-order valence-electron chi connectivity index (χ3n) is 2.69. The summed E-state index contributed by atoms with van der Waals surface area (Å²) in [5.74, 6) is 2.73. The molecule has 1 aliphatic carbocycles. The molecule has 0 radical (unpaired) electrons. The maximum atomic E-state index is 2.53. The Hall–Kier alpha value is 0.597. The van der Waals surface area contributed by atoms with Gasteiger partial charge in [0, 0.05) is 0 Å². The van der Waals surface area contributed by atoms with E-state index in [9.17, 15) is 0 Å². The smallest absolute Gasteiger partial charge is 0.325 e. The number of rotatable bonds is 1. The molecule has 0 aromatic rings. The van der Waals surface area contributed by atoms with Crippen molar-refractivity contribution >= 4 is 0 Å². The zero-order valence-corrected chi connectivity index (χ0v) is 8.43. The van der Waals surface area contributed by atoms with E-state index in [1.54, 1.807) is 0 Å². The summed E-state index contributed by atoms with van der Waals surface area (Å²) >= 11 is 0. The summed E-state index contributed by atoms with van der Waals surface area (Å²) in [6.07, 6.45) is 6.75. The van der Waals surface area contributed by atoms with E-state index in [0.717, 1.165) is 17.8 Å². The fourth-order valence-electron chi connectivity index (χ4n) is 1.73. The second-order valence-corrected chi connectivity index (χ2v) is 4.06. The molecular formula is C10H19Li. The van der Waals surface area contributed by atoms with Crippen molar-refractivity contribution < 1.29 is 18.9 Å². The van der Waals surface area contributed by atoms with Crippen molar-refractivity contribution in [3.05, 3.63) is 6.42 Å². The normalized spacial score (nSPS) is 31.6. The summed E-state index contributed by atoms with van der Waals surface area (Å²) < 4.78 is 0. The topological polar surface area (TPSA) is 0 Å². The first-order chi connectivity index (χ1) is 4.70. The second-order valence-electron chi connectivity index (χ2n) is 4.06. The molecule has 1 rings (SSSR count). The van der Waals surface area contributed by atoms with Crippen molar-refractivity contribution in [2.45, 2.75) is 40.0 Å². The van der Waals surface area contributed by atoms with Gasteiger partial charge in [-0.25, -0.2) is 0 Å². The van der Waals surface area contributed by atoms with E-state index in [1.807, 2.05) is 0 Å². The van der Waals surface area contributed by atoms with Gasteiger partial charge in [-0.05, 0) is 0 Å². The van der Waals surface area contributed by atoms with Crippen LogP contribution in [0.2, 0.25) is 0 Å². The van der Waals surface area contributed by atoms with Gasteiger partial charge in [-0.1, -0.05) is 45.4 Å². The minimum atomic E-state index is 0. The van der Waals surface area contributed by atoms with Gasteiger partial charge in [0.1, 0.15) is 0 Å². The molecule has 0 spiro atoms. The van der Waals surface area contributed by atoms with E-state index < -0.39 is 0 Å². The molecule has 0 aromatic carbocycles. The monoisotopic (exact) mass is 146 g/mol. The van der Waals surface area contributed by atoms with E-state index in [4.69, 9.17) is 0 Å². The van der Waals surface area contributed by atoms with Crippen LogP contribution in [0, 0.1) is 24.2 Å². The maximum absolute atomic E-state index is 2.53. The van der Waals surface area contributed by atoms with Gasteiger partial charge in [0.25, 0.3) is 0 Å². The summed E-state index contributed by atoms with van der Waals surface area (Å²) in [4.78, 5) is 0. The summed E-state index contributed by atoms with van der Waals surface area (Å²) in [5, 5.41) is 0. The van der Waals surface area contributed by atoms with Crippen molar-refractivity contribution in [1.29, 1.82) is 0 Å². The van der Waals surface area contributed by atoms with Crippen LogP contribution in [-0.4, -0.2) is 0 Å². The zero-order valence-electron chi connectivity index (χ0n) is 8.43. The van der Waals surface area contributed by atoms with Crippen LogP contribution in [0.4, 0.5) is 0 Å². The van der Waals surface area contributed by atoms with Gasteiger partial charge >= 0.3 is 18.9 Å². The minimum Gasteiger partial charge on any atom is -0.325 e. The van der Waals surface area contributed by atoms with Crippen molar-refractivity contribution in [2.24, 2.45) is 17.8 Å². The minimum absolute atomic E-state index is 0. The fraction of sp³-hybridized carbons (Fsp3) is 0.900. The van der Waals surface area contributed by atoms with Crippen molar-refractivity contribution in [2.75, 3.05) is 0 Å². The predicted molar refractivity (Wildman–Crippen MR) is 45.6 cm³/mol. The molecular weight excluding hydrogens is 127 g/mol. The van der Waals surface area contributed by atoms with Crippen LogP contribution in [0.15, 0.2) is 0 Å². The standard InChI is InChI=1S/C10H19.Li/c1-8(2)10-6-4-9(3)5-7-10;/h6,8-10H,4-5,7H2,1-3H3;/q-1;+1.